The van der Waals surface area contributed by atoms with Crippen LogP contribution < -0.4 is 9.47 Å². The van der Waals surface area contributed by atoms with Gasteiger partial charge in [-0.25, -0.2) is 4.79 Å². The van der Waals surface area contributed by atoms with Crippen molar-refractivity contribution in [3.8, 4) is 11.5 Å². The molecule has 0 N–H and O–H groups in total. The number of hydrogen-bond donors (Lipinski definition) is 0. The Morgan fingerprint density at radius 3 is 2.50 bits per heavy atom. The van der Waals surface area contributed by atoms with E-state index in [1.165, 1.54) is 0 Å². The predicted octanol–water partition coefficient (Wildman–Crippen LogP) is 6.15. The van der Waals surface area contributed by atoms with Gasteiger partial charge in [0, 0.05) is 10.5 Å². The number of benzene rings is 3. The van der Waals surface area contributed by atoms with E-state index in [-0.39, 0.29) is 11.5 Å². The van der Waals surface area contributed by atoms with Gasteiger partial charge in [0.2, 0.25) is 5.78 Å². The van der Waals surface area contributed by atoms with Crippen LogP contribution in [-0.2, 0) is 0 Å². The fourth-order valence-electron chi connectivity index (χ4n) is 3.11. The Bertz CT molecular complexity index is 1180. The molecule has 3 aromatic rings. The van der Waals surface area contributed by atoms with E-state index in [0.29, 0.717) is 28.2 Å². The fourth-order valence-corrected chi connectivity index (χ4v) is 3.38. The number of hydrogen-bond acceptors (Lipinski definition) is 4. The molecule has 4 rings (SSSR count). The average Bonchev–Trinajstić information content (AvgIpc) is 3.05. The molecule has 1 aliphatic heterocycles. The first-order valence-corrected chi connectivity index (χ1v) is 10.1. The number of allylic oxidation sites excluding steroid dienone is 3. The van der Waals surface area contributed by atoms with Crippen molar-refractivity contribution in [2.24, 2.45) is 0 Å². The van der Waals surface area contributed by atoms with Crippen LogP contribution in [0.15, 0.2) is 89.1 Å². The molecule has 0 atom stereocenters. The summed E-state index contributed by atoms with van der Waals surface area (Å²) < 4.78 is 12.1. The lowest BCUT2D eigenvalue weighted by Gasteiger charge is -2.08. The molecule has 3 aromatic carbocycles. The largest absolute Gasteiger partial charge is 0.452 e. The summed E-state index contributed by atoms with van der Waals surface area (Å²) in [5.41, 5.74) is 2.62. The monoisotopic (exact) mass is 460 g/mol. The van der Waals surface area contributed by atoms with Gasteiger partial charge < -0.3 is 9.47 Å². The van der Waals surface area contributed by atoms with Crippen molar-refractivity contribution in [1.29, 1.82) is 0 Å². The first-order valence-electron chi connectivity index (χ1n) is 9.29. The number of carbonyl (C=O) groups is 2. The van der Waals surface area contributed by atoms with Crippen LogP contribution in [0.1, 0.15) is 31.8 Å². The maximum Gasteiger partial charge on any atom is 0.343 e. The number of rotatable bonds is 4. The maximum absolute atomic E-state index is 12.7. The number of halogens is 1. The molecule has 0 saturated heterocycles. The lowest BCUT2D eigenvalue weighted by Crippen LogP contribution is -2.08. The van der Waals surface area contributed by atoms with Gasteiger partial charge in [0.05, 0.1) is 11.1 Å². The summed E-state index contributed by atoms with van der Waals surface area (Å²) in [7, 11) is 0. The van der Waals surface area contributed by atoms with Crippen LogP contribution in [0.5, 0.6) is 11.5 Å². The molecule has 0 saturated carbocycles. The average molecular weight is 461 g/mol. The Labute approximate surface area is 182 Å². The molecule has 0 aliphatic carbocycles. The van der Waals surface area contributed by atoms with Gasteiger partial charge in [-0.1, -0.05) is 58.4 Å². The fraction of sp³-hybridized carbons (Fsp3) is 0.0400. The predicted molar refractivity (Wildman–Crippen MR) is 119 cm³/mol. The van der Waals surface area contributed by atoms with E-state index in [1.807, 2.05) is 36.4 Å². The molecule has 0 fully saturated rings. The molecule has 148 valence electrons. The van der Waals surface area contributed by atoms with E-state index in [4.69, 9.17) is 9.47 Å². The molecule has 5 heteroatoms. The zero-order valence-electron chi connectivity index (χ0n) is 16.1. The summed E-state index contributed by atoms with van der Waals surface area (Å²) in [6, 6.07) is 19.9. The van der Waals surface area contributed by atoms with Gasteiger partial charge in [0.1, 0.15) is 11.5 Å². The smallest absolute Gasteiger partial charge is 0.343 e. The van der Waals surface area contributed by atoms with Crippen molar-refractivity contribution in [1.82, 2.24) is 0 Å². The summed E-state index contributed by atoms with van der Waals surface area (Å²) >= 11 is 3.34. The molecule has 0 amide bonds. The van der Waals surface area contributed by atoms with Gasteiger partial charge in [0.25, 0.3) is 0 Å². The molecule has 1 aliphatic rings. The molecule has 4 nitrogen and oxygen atoms in total. The first kappa shape index (κ1) is 19.9. The van der Waals surface area contributed by atoms with Gasteiger partial charge in [-0.05, 0) is 54.5 Å². The highest BCUT2D eigenvalue weighted by Gasteiger charge is 2.30. The quantitative estimate of drug-likeness (QED) is 0.266. The molecule has 1 heterocycles. The zero-order valence-corrected chi connectivity index (χ0v) is 17.7. The zero-order chi connectivity index (χ0) is 21.1. The second-order valence-electron chi connectivity index (χ2n) is 6.74. The van der Waals surface area contributed by atoms with Gasteiger partial charge in [0.15, 0.2) is 5.76 Å². The van der Waals surface area contributed by atoms with Crippen molar-refractivity contribution >= 4 is 33.8 Å². The van der Waals surface area contributed by atoms with Crippen LogP contribution in [0.3, 0.4) is 0 Å². The van der Waals surface area contributed by atoms with E-state index in [1.54, 1.807) is 55.5 Å². The van der Waals surface area contributed by atoms with E-state index in [9.17, 15) is 9.59 Å². The summed E-state index contributed by atoms with van der Waals surface area (Å²) in [4.78, 5) is 25.1. The molecule has 0 aromatic heterocycles. The first-order chi connectivity index (χ1) is 14.5. The lowest BCUT2D eigenvalue weighted by atomic mass is 10.0. The minimum absolute atomic E-state index is 0.189. The Balaban J connectivity index is 1.53. The van der Waals surface area contributed by atoms with Crippen LogP contribution in [0, 0.1) is 6.92 Å². The third-order valence-corrected chi connectivity index (χ3v) is 5.10. The van der Waals surface area contributed by atoms with Crippen molar-refractivity contribution < 1.29 is 19.1 Å². The van der Waals surface area contributed by atoms with Gasteiger partial charge in [-0.15, -0.1) is 0 Å². The van der Waals surface area contributed by atoms with Crippen LogP contribution in [0.25, 0.3) is 6.08 Å². The second kappa shape index (κ2) is 8.51. The Hall–Kier alpha value is -3.44. The highest BCUT2D eigenvalue weighted by Crippen LogP contribution is 2.37. The van der Waals surface area contributed by atoms with Crippen LogP contribution in [0.4, 0.5) is 0 Å². The Kier molecular flexibility index (Phi) is 5.63. The number of Topliss-reactive ketones (excluding diaryl/α,β-unsaturated/α-hetero) is 1. The molecule has 0 unspecified atom stereocenters. The minimum atomic E-state index is -0.479. The van der Waals surface area contributed by atoms with Crippen LogP contribution in [0.2, 0.25) is 0 Å². The summed E-state index contributed by atoms with van der Waals surface area (Å²) in [5, 5.41) is 0. The third kappa shape index (κ3) is 4.26. The molecular formula is C25H17BrO4. The van der Waals surface area contributed by atoms with Gasteiger partial charge in [-0.2, -0.15) is 0 Å². The Morgan fingerprint density at radius 1 is 1.03 bits per heavy atom. The minimum Gasteiger partial charge on any atom is -0.452 e. The highest BCUT2D eigenvalue weighted by atomic mass is 79.9. The van der Waals surface area contributed by atoms with Gasteiger partial charge >= 0.3 is 5.97 Å². The topological polar surface area (TPSA) is 52.6 Å². The number of fused-ring (bicyclic) bond motifs is 1. The molecular weight excluding hydrogens is 444 g/mol. The van der Waals surface area contributed by atoms with E-state index in [2.05, 4.69) is 15.9 Å². The number of aryl methyl sites for hydroxylation is 1. The molecule has 0 spiro atoms. The SMILES string of the molecule is Cc1cc(OC(=O)c2ccc(Br)cc2)cc2c1C(=O)/C(=C/C=C/c1ccccc1)O2. The molecule has 30 heavy (non-hydrogen) atoms. The van der Waals surface area contributed by atoms with E-state index in [0.717, 1.165) is 10.0 Å². The van der Waals surface area contributed by atoms with E-state index < -0.39 is 5.97 Å². The Morgan fingerprint density at radius 2 is 1.77 bits per heavy atom. The van der Waals surface area contributed by atoms with Crippen LogP contribution >= 0.6 is 15.9 Å². The standard InChI is InChI=1S/C25H17BrO4/c1-16-14-20(29-25(28)18-10-12-19(26)13-11-18)15-22-23(16)24(27)21(30-22)9-5-8-17-6-3-2-4-7-17/h2-15H,1H3/b8-5+,21-9-. The summed E-state index contributed by atoms with van der Waals surface area (Å²) in [6.07, 6.45) is 5.31. The van der Waals surface area contributed by atoms with Crippen molar-refractivity contribution in [2.75, 3.05) is 0 Å². The normalized spacial score (nSPS) is 14.1. The van der Waals surface area contributed by atoms with Crippen molar-refractivity contribution in [2.45, 2.75) is 6.92 Å². The highest BCUT2D eigenvalue weighted by molar-refractivity contribution is 9.10. The van der Waals surface area contributed by atoms with E-state index >= 15 is 0 Å². The summed E-state index contributed by atoms with van der Waals surface area (Å²) in [6.45, 7) is 1.79. The number of ketones is 1. The number of carbonyl (C=O) groups excluding carboxylic acids is 2. The molecule has 0 bridgehead atoms. The maximum atomic E-state index is 12.7. The third-order valence-electron chi connectivity index (χ3n) is 4.57. The lowest BCUT2D eigenvalue weighted by molar-refractivity contribution is 0.0734. The summed E-state index contributed by atoms with van der Waals surface area (Å²) in [5.74, 6) is 0.279. The number of esters is 1. The van der Waals surface area contributed by atoms with Gasteiger partial charge in [-0.3, -0.25) is 4.79 Å². The van der Waals surface area contributed by atoms with Crippen molar-refractivity contribution in [3.63, 3.8) is 0 Å². The molecule has 0 radical (unpaired) electrons. The van der Waals surface area contributed by atoms with Crippen LogP contribution in [-0.4, -0.2) is 11.8 Å². The second-order valence-corrected chi connectivity index (χ2v) is 7.66. The van der Waals surface area contributed by atoms with Crippen molar-refractivity contribution in [3.05, 3.63) is 111 Å². The number of ether oxygens (including phenoxy) is 2.